The molecule has 1 aromatic rings. The van der Waals surface area contributed by atoms with Crippen LogP contribution in [0.2, 0.25) is 0 Å². The third-order valence-corrected chi connectivity index (χ3v) is 5.03. The fraction of sp³-hybridized carbons (Fsp3) is 0.688. The summed E-state index contributed by atoms with van der Waals surface area (Å²) in [5.41, 5.74) is 6.49. The molecule has 1 aliphatic carbocycles. The highest BCUT2D eigenvalue weighted by Crippen LogP contribution is 2.30. The van der Waals surface area contributed by atoms with E-state index in [4.69, 9.17) is 5.73 Å². The van der Waals surface area contributed by atoms with Gasteiger partial charge in [-0.2, -0.15) is 0 Å². The number of amides is 1. The van der Waals surface area contributed by atoms with E-state index in [0.29, 0.717) is 31.8 Å². The van der Waals surface area contributed by atoms with Crippen LogP contribution in [-0.4, -0.2) is 51.1 Å². The zero-order valence-electron chi connectivity index (χ0n) is 14.2. The first kappa shape index (κ1) is 21.9. The van der Waals surface area contributed by atoms with Crippen molar-refractivity contribution in [2.75, 3.05) is 13.1 Å². The van der Waals surface area contributed by atoms with Crippen molar-refractivity contribution in [3.05, 3.63) is 27.9 Å². The Hall–Kier alpha value is -1.15. The number of hydrogen-bond donors (Lipinski definition) is 3. The predicted molar refractivity (Wildman–Crippen MR) is 99.4 cm³/mol. The van der Waals surface area contributed by atoms with Gasteiger partial charge in [0.05, 0.1) is 11.8 Å². The molecule has 1 saturated carbocycles. The van der Waals surface area contributed by atoms with Crippen LogP contribution in [0.1, 0.15) is 43.1 Å². The molecule has 2 heterocycles. The number of carbonyl (C=O) groups is 1. The number of rotatable bonds is 2. The van der Waals surface area contributed by atoms with Crippen LogP contribution in [0.4, 0.5) is 0 Å². The van der Waals surface area contributed by atoms with Gasteiger partial charge < -0.3 is 20.7 Å². The van der Waals surface area contributed by atoms with Gasteiger partial charge in [0.25, 0.3) is 5.56 Å². The number of aromatic amines is 1. The molecule has 3 atom stereocenters. The fourth-order valence-electron chi connectivity index (χ4n) is 3.72. The van der Waals surface area contributed by atoms with Crippen molar-refractivity contribution >= 4 is 30.7 Å². The molecule has 9 heteroatoms. The van der Waals surface area contributed by atoms with Crippen molar-refractivity contribution < 1.29 is 9.90 Å². The largest absolute Gasteiger partial charge is 0.391 e. The topological polar surface area (TPSA) is 112 Å². The summed E-state index contributed by atoms with van der Waals surface area (Å²) >= 11 is 0. The number of hydrogen-bond acceptors (Lipinski definition) is 5. The minimum Gasteiger partial charge on any atom is -0.391 e. The summed E-state index contributed by atoms with van der Waals surface area (Å²) in [7, 11) is 0. The zero-order valence-corrected chi connectivity index (χ0v) is 15.8. The van der Waals surface area contributed by atoms with Gasteiger partial charge in [0, 0.05) is 37.0 Å². The van der Waals surface area contributed by atoms with E-state index in [2.05, 4.69) is 9.97 Å². The lowest BCUT2D eigenvalue weighted by molar-refractivity contribution is -0.136. The number of nitrogens with two attached hydrogens (primary N) is 1. The molecule has 0 unspecified atom stereocenters. The SMILES string of the molecule is Cc1nc(C2CCN(C(=O)[C@H]3C[C@@H](N)[C@H](O)C3)CC2)cc(=O)[nH]1.Cl.Cl. The van der Waals surface area contributed by atoms with Crippen molar-refractivity contribution in [1.29, 1.82) is 0 Å². The number of aryl methyl sites for hydroxylation is 1. The smallest absolute Gasteiger partial charge is 0.251 e. The quantitative estimate of drug-likeness (QED) is 0.686. The van der Waals surface area contributed by atoms with Crippen molar-refractivity contribution in [2.45, 2.75) is 50.7 Å². The Kier molecular flexibility index (Phi) is 7.87. The average Bonchev–Trinajstić information content (AvgIpc) is 2.85. The van der Waals surface area contributed by atoms with Gasteiger partial charge in [0.15, 0.2) is 0 Å². The number of aliphatic hydroxyl groups excluding tert-OH is 1. The van der Waals surface area contributed by atoms with E-state index in [1.54, 1.807) is 13.0 Å². The molecule has 1 aromatic heterocycles. The molecule has 1 amide bonds. The Balaban J connectivity index is 0.00000156. The molecule has 0 spiro atoms. The van der Waals surface area contributed by atoms with Crippen LogP contribution in [0, 0.1) is 12.8 Å². The van der Waals surface area contributed by atoms with Gasteiger partial charge in [-0.1, -0.05) is 0 Å². The van der Waals surface area contributed by atoms with Crippen LogP contribution < -0.4 is 11.3 Å². The molecule has 7 nitrogen and oxygen atoms in total. The van der Waals surface area contributed by atoms with Gasteiger partial charge in [0.2, 0.25) is 5.91 Å². The van der Waals surface area contributed by atoms with Gasteiger partial charge in [-0.25, -0.2) is 4.98 Å². The fourth-order valence-corrected chi connectivity index (χ4v) is 3.72. The van der Waals surface area contributed by atoms with Crippen molar-refractivity contribution in [2.24, 2.45) is 11.7 Å². The first-order valence-corrected chi connectivity index (χ1v) is 8.24. The highest BCUT2D eigenvalue weighted by atomic mass is 35.5. The summed E-state index contributed by atoms with van der Waals surface area (Å²) in [4.78, 5) is 33.0. The third kappa shape index (κ3) is 4.94. The van der Waals surface area contributed by atoms with Crippen molar-refractivity contribution in [3.63, 3.8) is 0 Å². The molecule has 142 valence electrons. The maximum absolute atomic E-state index is 12.5. The first-order chi connectivity index (χ1) is 10.9. The molecule has 1 saturated heterocycles. The molecule has 4 N–H and O–H groups in total. The number of nitrogens with one attached hydrogen (secondary N) is 1. The Morgan fingerprint density at radius 2 is 1.96 bits per heavy atom. The molecule has 0 bridgehead atoms. The second-order valence-electron chi connectivity index (χ2n) is 6.75. The van der Waals surface area contributed by atoms with E-state index >= 15 is 0 Å². The average molecular weight is 393 g/mol. The van der Waals surface area contributed by atoms with Crippen LogP contribution in [-0.2, 0) is 4.79 Å². The normalized spacial score (nSPS) is 26.7. The number of aliphatic hydroxyl groups is 1. The maximum atomic E-state index is 12.5. The van der Waals surface area contributed by atoms with Crippen molar-refractivity contribution in [1.82, 2.24) is 14.9 Å². The van der Waals surface area contributed by atoms with Crippen LogP contribution in [0.25, 0.3) is 0 Å². The second kappa shape index (κ2) is 8.98. The lowest BCUT2D eigenvalue weighted by Crippen LogP contribution is -2.41. The summed E-state index contributed by atoms with van der Waals surface area (Å²) in [6.07, 6.45) is 2.08. The Bertz CT molecular complexity index is 637. The van der Waals surface area contributed by atoms with Crippen LogP contribution in [0.3, 0.4) is 0 Å². The highest BCUT2D eigenvalue weighted by Gasteiger charge is 2.37. The van der Waals surface area contributed by atoms with E-state index < -0.39 is 6.10 Å². The van der Waals surface area contributed by atoms with Gasteiger partial charge in [-0.15, -0.1) is 24.8 Å². The molecule has 3 rings (SSSR count). The van der Waals surface area contributed by atoms with Crippen LogP contribution >= 0.6 is 24.8 Å². The number of likely N-dealkylation sites (tertiary alicyclic amines) is 1. The first-order valence-electron chi connectivity index (χ1n) is 8.24. The van der Waals surface area contributed by atoms with Gasteiger partial charge in [-0.05, 0) is 32.6 Å². The molecule has 0 aromatic carbocycles. The minimum absolute atomic E-state index is 0. The minimum atomic E-state index is -0.565. The van der Waals surface area contributed by atoms with E-state index in [9.17, 15) is 14.7 Å². The number of carbonyl (C=O) groups excluding carboxylic acids is 1. The zero-order chi connectivity index (χ0) is 16.6. The van der Waals surface area contributed by atoms with E-state index in [-0.39, 0.29) is 54.2 Å². The van der Waals surface area contributed by atoms with Crippen LogP contribution in [0.5, 0.6) is 0 Å². The van der Waals surface area contributed by atoms with Gasteiger partial charge >= 0.3 is 0 Å². The summed E-state index contributed by atoms with van der Waals surface area (Å²) in [5, 5.41) is 9.72. The standard InChI is InChI=1S/C16H24N4O3.2ClH/c1-9-18-13(8-15(22)19-9)10-2-4-20(5-3-10)16(23)11-6-12(17)14(21)7-11;;/h8,10-12,14,21H,2-7,17H2,1H3,(H,18,19,22);2*1H/t11-,12+,14+;;/m0../s1. The molecular formula is C16H26Cl2N4O3. The van der Waals surface area contributed by atoms with E-state index in [1.165, 1.54) is 0 Å². The number of piperidine rings is 1. The summed E-state index contributed by atoms with van der Waals surface area (Å²) in [5.74, 6) is 0.790. The second-order valence-corrected chi connectivity index (χ2v) is 6.75. The van der Waals surface area contributed by atoms with Gasteiger partial charge in [0.1, 0.15) is 5.82 Å². The summed E-state index contributed by atoms with van der Waals surface area (Å²) < 4.78 is 0. The van der Waals surface area contributed by atoms with E-state index in [1.807, 2.05) is 4.90 Å². The number of nitrogens with zero attached hydrogens (tertiary/aromatic N) is 2. The maximum Gasteiger partial charge on any atom is 0.251 e. The monoisotopic (exact) mass is 392 g/mol. The van der Waals surface area contributed by atoms with Crippen molar-refractivity contribution in [3.8, 4) is 0 Å². The van der Waals surface area contributed by atoms with Crippen LogP contribution in [0.15, 0.2) is 10.9 Å². The molecule has 25 heavy (non-hydrogen) atoms. The Labute approximate surface area is 159 Å². The predicted octanol–water partition coefficient (Wildman–Crippen LogP) is 0.726. The lowest BCUT2D eigenvalue weighted by Gasteiger charge is -2.33. The third-order valence-electron chi connectivity index (χ3n) is 5.03. The Morgan fingerprint density at radius 1 is 1.32 bits per heavy atom. The molecule has 1 aliphatic heterocycles. The molecule has 2 fully saturated rings. The lowest BCUT2D eigenvalue weighted by atomic mass is 9.92. The molecule has 2 aliphatic rings. The number of halogens is 2. The summed E-state index contributed by atoms with van der Waals surface area (Å²) in [6.45, 7) is 3.11. The summed E-state index contributed by atoms with van der Waals surface area (Å²) in [6, 6.07) is 1.27. The highest BCUT2D eigenvalue weighted by molar-refractivity contribution is 5.85. The number of H-pyrrole nitrogens is 1. The van der Waals surface area contributed by atoms with Gasteiger partial charge in [-0.3, -0.25) is 9.59 Å². The number of aromatic nitrogens is 2. The molecule has 0 radical (unpaired) electrons. The molecular weight excluding hydrogens is 367 g/mol. The Morgan fingerprint density at radius 3 is 2.48 bits per heavy atom. The van der Waals surface area contributed by atoms with E-state index in [0.717, 1.165) is 18.5 Å².